The number of likely N-dealkylation sites (tertiary alicyclic amines) is 1. The lowest BCUT2D eigenvalue weighted by molar-refractivity contribution is -0.134. The highest BCUT2D eigenvalue weighted by atomic mass is 16.2. The molecule has 2 fully saturated rings. The van der Waals surface area contributed by atoms with Gasteiger partial charge in [-0.25, -0.2) is 0 Å². The van der Waals surface area contributed by atoms with Gasteiger partial charge in [0.15, 0.2) is 5.78 Å². The lowest BCUT2D eigenvalue weighted by atomic mass is 9.83. The Morgan fingerprint density at radius 2 is 1.96 bits per heavy atom. The number of benzene rings is 1. The molecule has 2 unspecified atom stereocenters. The standard InChI is InChI=1S/C21H27N3O3/c1-13-5-4-6-16(11-13)15-7-9-24(10-8-15)20(27)14(2)19(22)21(3)17(25)12-18(26)23-21/h4-6,11,14-15,22H,7-10,12H2,1-3H3,(H,23,26). The summed E-state index contributed by atoms with van der Waals surface area (Å²) in [6, 6.07) is 8.50. The summed E-state index contributed by atoms with van der Waals surface area (Å²) in [6.07, 6.45) is 1.56. The van der Waals surface area contributed by atoms with Crippen molar-refractivity contribution in [1.82, 2.24) is 10.2 Å². The smallest absolute Gasteiger partial charge is 0.231 e. The van der Waals surface area contributed by atoms with Gasteiger partial charge in [0.25, 0.3) is 0 Å². The quantitative estimate of drug-likeness (QED) is 0.630. The van der Waals surface area contributed by atoms with Crippen molar-refractivity contribution >= 4 is 23.3 Å². The van der Waals surface area contributed by atoms with E-state index in [4.69, 9.17) is 5.41 Å². The molecule has 2 N–H and O–H groups in total. The molecule has 0 bridgehead atoms. The number of hydrogen-bond acceptors (Lipinski definition) is 4. The first-order valence-corrected chi connectivity index (χ1v) is 9.51. The number of hydrogen-bond donors (Lipinski definition) is 2. The van der Waals surface area contributed by atoms with Crippen molar-refractivity contribution in [3.63, 3.8) is 0 Å². The Balaban J connectivity index is 1.62. The molecule has 0 aliphatic carbocycles. The monoisotopic (exact) mass is 369 g/mol. The molecule has 2 atom stereocenters. The van der Waals surface area contributed by atoms with Crippen LogP contribution < -0.4 is 5.32 Å². The van der Waals surface area contributed by atoms with Gasteiger partial charge in [0, 0.05) is 13.1 Å². The Morgan fingerprint density at radius 3 is 2.52 bits per heavy atom. The topological polar surface area (TPSA) is 90.3 Å². The molecule has 0 aromatic heterocycles. The highest BCUT2D eigenvalue weighted by Gasteiger charge is 2.48. The number of nitrogens with one attached hydrogen (secondary N) is 2. The Morgan fingerprint density at radius 1 is 1.30 bits per heavy atom. The largest absolute Gasteiger partial charge is 0.342 e. The summed E-state index contributed by atoms with van der Waals surface area (Å²) in [5.74, 6) is -1.15. The van der Waals surface area contributed by atoms with Gasteiger partial charge in [-0.05, 0) is 45.1 Å². The number of amides is 2. The van der Waals surface area contributed by atoms with Crippen molar-refractivity contribution in [3.05, 3.63) is 35.4 Å². The molecule has 0 radical (unpaired) electrons. The molecule has 1 aromatic rings. The van der Waals surface area contributed by atoms with Gasteiger partial charge in [-0.1, -0.05) is 29.8 Å². The number of aryl methyl sites for hydroxylation is 1. The normalized spacial score (nSPS) is 24.6. The highest BCUT2D eigenvalue weighted by molar-refractivity contribution is 6.26. The zero-order valence-corrected chi connectivity index (χ0v) is 16.2. The Bertz CT molecular complexity index is 796. The molecule has 2 saturated heterocycles. The number of carbonyl (C=O) groups is 3. The lowest BCUT2D eigenvalue weighted by Crippen LogP contribution is -2.55. The van der Waals surface area contributed by atoms with E-state index in [2.05, 4.69) is 36.5 Å². The number of piperidine rings is 1. The molecule has 144 valence electrons. The molecule has 27 heavy (non-hydrogen) atoms. The van der Waals surface area contributed by atoms with E-state index in [9.17, 15) is 14.4 Å². The van der Waals surface area contributed by atoms with E-state index in [1.54, 1.807) is 11.8 Å². The predicted molar refractivity (Wildman–Crippen MR) is 103 cm³/mol. The van der Waals surface area contributed by atoms with Crippen LogP contribution >= 0.6 is 0 Å². The second-order valence-electron chi connectivity index (χ2n) is 7.92. The second-order valence-corrected chi connectivity index (χ2v) is 7.92. The van der Waals surface area contributed by atoms with Crippen molar-refractivity contribution < 1.29 is 14.4 Å². The number of nitrogens with zero attached hydrogens (tertiary/aromatic N) is 1. The molecule has 6 heteroatoms. The Labute approximate surface area is 159 Å². The molecule has 0 spiro atoms. The van der Waals surface area contributed by atoms with Crippen LogP contribution in [0.5, 0.6) is 0 Å². The van der Waals surface area contributed by atoms with E-state index in [1.807, 2.05) is 0 Å². The van der Waals surface area contributed by atoms with Gasteiger partial charge in [0.2, 0.25) is 11.8 Å². The van der Waals surface area contributed by atoms with Crippen LogP contribution in [0.3, 0.4) is 0 Å². The minimum Gasteiger partial charge on any atom is -0.342 e. The van der Waals surface area contributed by atoms with Crippen LogP contribution in [0.2, 0.25) is 0 Å². The Hall–Kier alpha value is -2.50. The molecule has 2 heterocycles. The maximum absolute atomic E-state index is 12.9. The maximum Gasteiger partial charge on any atom is 0.231 e. The summed E-state index contributed by atoms with van der Waals surface area (Å²) in [4.78, 5) is 38.3. The van der Waals surface area contributed by atoms with Crippen molar-refractivity contribution in [3.8, 4) is 0 Å². The fourth-order valence-corrected chi connectivity index (χ4v) is 4.12. The van der Waals surface area contributed by atoms with Crippen LogP contribution in [0.25, 0.3) is 0 Å². The molecule has 3 rings (SSSR count). The first-order chi connectivity index (χ1) is 12.7. The van der Waals surface area contributed by atoms with Gasteiger partial charge in [0.1, 0.15) is 5.54 Å². The van der Waals surface area contributed by atoms with E-state index in [0.717, 1.165) is 12.8 Å². The van der Waals surface area contributed by atoms with Crippen LogP contribution in [0.4, 0.5) is 0 Å². The van der Waals surface area contributed by atoms with Crippen LogP contribution in [-0.2, 0) is 14.4 Å². The molecule has 2 aliphatic heterocycles. The maximum atomic E-state index is 12.9. The number of Topliss-reactive ketones (excluding diaryl/α,β-unsaturated/α-hetero) is 1. The first kappa shape index (κ1) is 19.3. The van der Waals surface area contributed by atoms with Crippen molar-refractivity contribution in [2.24, 2.45) is 5.92 Å². The molecule has 0 saturated carbocycles. The van der Waals surface area contributed by atoms with Gasteiger partial charge in [0.05, 0.1) is 18.1 Å². The fourth-order valence-electron chi connectivity index (χ4n) is 4.12. The van der Waals surface area contributed by atoms with Crippen molar-refractivity contribution in [2.45, 2.75) is 51.5 Å². The fraction of sp³-hybridized carbons (Fsp3) is 0.524. The van der Waals surface area contributed by atoms with Crippen LogP contribution in [0.1, 0.15) is 50.2 Å². The van der Waals surface area contributed by atoms with Gasteiger partial charge in [-0.15, -0.1) is 0 Å². The molecule has 1 aromatic carbocycles. The predicted octanol–water partition coefficient (Wildman–Crippen LogP) is 2.20. The lowest BCUT2D eigenvalue weighted by Gasteiger charge is -2.35. The minimum absolute atomic E-state index is 0.0239. The van der Waals surface area contributed by atoms with Gasteiger partial charge >= 0.3 is 0 Å². The summed E-state index contributed by atoms with van der Waals surface area (Å²) < 4.78 is 0. The third kappa shape index (κ3) is 3.66. The average molecular weight is 369 g/mol. The average Bonchev–Trinajstić information content (AvgIpc) is 2.92. The summed E-state index contributed by atoms with van der Waals surface area (Å²) in [5, 5.41) is 10.9. The first-order valence-electron chi connectivity index (χ1n) is 9.51. The summed E-state index contributed by atoms with van der Waals surface area (Å²) >= 11 is 0. The highest BCUT2D eigenvalue weighted by Crippen LogP contribution is 2.30. The van der Waals surface area contributed by atoms with E-state index in [0.29, 0.717) is 19.0 Å². The number of rotatable bonds is 4. The van der Waals surface area contributed by atoms with Crippen molar-refractivity contribution in [2.75, 3.05) is 13.1 Å². The summed E-state index contributed by atoms with van der Waals surface area (Å²) in [6.45, 7) is 6.55. The molecule has 6 nitrogen and oxygen atoms in total. The molecule has 2 aliphatic rings. The SMILES string of the molecule is Cc1cccc(C2CCN(C(=O)C(C)C(=N)C3(C)NC(=O)CC3=O)CC2)c1. The Kier molecular flexibility index (Phi) is 5.18. The second kappa shape index (κ2) is 7.25. The molecular weight excluding hydrogens is 342 g/mol. The van der Waals surface area contributed by atoms with E-state index in [1.165, 1.54) is 18.1 Å². The van der Waals surface area contributed by atoms with Gasteiger partial charge < -0.3 is 15.6 Å². The number of ketones is 1. The van der Waals surface area contributed by atoms with E-state index in [-0.39, 0.29) is 29.7 Å². The third-order valence-electron chi connectivity index (χ3n) is 5.93. The van der Waals surface area contributed by atoms with Crippen LogP contribution in [0.15, 0.2) is 24.3 Å². The van der Waals surface area contributed by atoms with Gasteiger partial charge in [-0.2, -0.15) is 0 Å². The third-order valence-corrected chi connectivity index (χ3v) is 5.93. The van der Waals surface area contributed by atoms with Crippen LogP contribution in [-0.4, -0.2) is 46.8 Å². The van der Waals surface area contributed by atoms with E-state index >= 15 is 0 Å². The molecule has 2 amide bonds. The van der Waals surface area contributed by atoms with E-state index < -0.39 is 11.5 Å². The summed E-state index contributed by atoms with van der Waals surface area (Å²) in [7, 11) is 0. The zero-order valence-electron chi connectivity index (χ0n) is 16.2. The number of carbonyl (C=O) groups excluding carboxylic acids is 3. The summed E-state index contributed by atoms with van der Waals surface area (Å²) in [5.41, 5.74) is 1.18. The zero-order chi connectivity index (χ0) is 19.8. The molecular formula is C21H27N3O3. The van der Waals surface area contributed by atoms with Crippen molar-refractivity contribution in [1.29, 1.82) is 5.41 Å². The van der Waals surface area contributed by atoms with Gasteiger partial charge in [-0.3, -0.25) is 14.4 Å². The minimum atomic E-state index is -1.36. The van der Waals surface area contributed by atoms with Crippen LogP contribution in [0, 0.1) is 18.3 Å².